The average Bonchev–Trinajstić information content (AvgIpc) is 3.19. The molecule has 0 radical (unpaired) electrons. The number of quaternary nitrogens is 1. The van der Waals surface area contributed by atoms with Crippen LogP contribution in [0.1, 0.15) is 17.2 Å². The lowest BCUT2D eigenvalue weighted by Crippen LogP contribution is -2.98. The van der Waals surface area contributed by atoms with Crippen molar-refractivity contribution >= 4 is 17.8 Å². The first-order chi connectivity index (χ1) is 13.9. The number of methoxy groups -OCH3 is 1. The number of likely N-dealkylation sites (tertiary alicyclic amines) is 1. The number of amides is 2. The SMILES string of the molecule is COC(=O)[C@]1(Cc2ccccc2)[NH2+][C@H](c2ccc(F)cc2)[C@H]2C(=O)N(C)C(=O)[C@H]21. The van der Waals surface area contributed by atoms with Crippen LogP contribution in [0, 0.1) is 17.7 Å². The Morgan fingerprint density at radius 1 is 1.10 bits per heavy atom. The number of nitrogens with zero attached hydrogens (tertiary/aromatic N) is 1. The van der Waals surface area contributed by atoms with Gasteiger partial charge < -0.3 is 10.1 Å². The predicted octanol–water partition coefficient (Wildman–Crippen LogP) is 0.829. The van der Waals surface area contributed by atoms with Crippen LogP contribution in [0.2, 0.25) is 0 Å². The quantitative estimate of drug-likeness (QED) is 0.612. The Morgan fingerprint density at radius 3 is 2.38 bits per heavy atom. The minimum absolute atomic E-state index is 0.242. The van der Waals surface area contributed by atoms with E-state index in [9.17, 15) is 18.8 Å². The van der Waals surface area contributed by atoms with Crippen LogP contribution in [0.15, 0.2) is 54.6 Å². The monoisotopic (exact) mass is 397 g/mol. The predicted molar refractivity (Wildman–Crippen MR) is 101 cm³/mol. The maximum atomic E-state index is 13.5. The van der Waals surface area contributed by atoms with E-state index in [1.807, 2.05) is 30.3 Å². The van der Waals surface area contributed by atoms with Crippen molar-refractivity contribution in [3.63, 3.8) is 0 Å². The Balaban J connectivity index is 1.85. The highest BCUT2D eigenvalue weighted by Gasteiger charge is 2.71. The Labute approximate surface area is 167 Å². The molecular formula is C22H22FN2O4+. The lowest BCUT2D eigenvalue weighted by Gasteiger charge is -2.29. The largest absolute Gasteiger partial charge is 0.464 e. The van der Waals surface area contributed by atoms with Crippen LogP contribution in [0.3, 0.4) is 0 Å². The van der Waals surface area contributed by atoms with Crippen LogP contribution in [0.25, 0.3) is 0 Å². The topological polar surface area (TPSA) is 80.3 Å². The van der Waals surface area contributed by atoms with Crippen LogP contribution in [-0.4, -0.2) is 42.4 Å². The lowest BCUT2D eigenvalue weighted by molar-refractivity contribution is -0.734. The van der Waals surface area contributed by atoms with Gasteiger partial charge in [0.2, 0.25) is 17.4 Å². The van der Waals surface area contributed by atoms with Crippen molar-refractivity contribution in [2.45, 2.75) is 18.0 Å². The lowest BCUT2D eigenvalue weighted by atomic mass is 9.76. The minimum atomic E-state index is -1.28. The van der Waals surface area contributed by atoms with Crippen molar-refractivity contribution in [2.24, 2.45) is 11.8 Å². The van der Waals surface area contributed by atoms with Crippen LogP contribution in [0.4, 0.5) is 4.39 Å². The summed E-state index contributed by atoms with van der Waals surface area (Å²) in [7, 11) is 2.73. The molecule has 0 aliphatic carbocycles. The van der Waals surface area contributed by atoms with Gasteiger partial charge in [0.25, 0.3) is 0 Å². The Hall–Kier alpha value is -3.06. The molecule has 2 fully saturated rings. The molecule has 0 spiro atoms. The van der Waals surface area contributed by atoms with Crippen LogP contribution in [0.5, 0.6) is 0 Å². The highest BCUT2D eigenvalue weighted by Crippen LogP contribution is 2.45. The second-order valence-electron chi connectivity index (χ2n) is 7.68. The van der Waals surface area contributed by atoms with E-state index >= 15 is 0 Å². The van der Waals surface area contributed by atoms with Gasteiger partial charge in [-0.15, -0.1) is 0 Å². The first-order valence-electron chi connectivity index (χ1n) is 9.44. The van der Waals surface area contributed by atoms with E-state index in [0.717, 1.165) is 10.5 Å². The number of fused-ring (bicyclic) bond motifs is 1. The number of imide groups is 1. The molecule has 7 heteroatoms. The van der Waals surface area contributed by atoms with Crippen molar-refractivity contribution in [3.05, 3.63) is 71.5 Å². The molecule has 0 unspecified atom stereocenters. The zero-order valence-electron chi connectivity index (χ0n) is 16.2. The summed E-state index contributed by atoms with van der Waals surface area (Å²) in [5.41, 5.74) is 0.274. The molecule has 2 saturated heterocycles. The molecule has 2 aliphatic rings. The highest BCUT2D eigenvalue weighted by molar-refractivity contribution is 6.08. The third-order valence-electron chi connectivity index (χ3n) is 6.15. The number of benzene rings is 2. The zero-order chi connectivity index (χ0) is 20.8. The van der Waals surface area contributed by atoms with E-state index in [-0.39, 0.29) is 18.2 Å². The van der Waals surface area contributed by atoms with Crippen molar-refractivity contribution in [3.8, 4) is 0 Å². The fraction of sp³-hybridized carbons (Fsp3) is 0.318. The molecule has 2 aromatic rings. The first kappa shape index (κ1) is 19.3. The summed E-state index contributed by atoms with van der Waals surface area (Å²) in [4.78, 5) is 40.2. The number of halogens is 1. The molecular weight excluding hydrogens is 375 g/mol. The van der Waals surface area contributed by atoms with E-state index in [2.05, 4.69) is 0 Å². The van der Waals surface area contributed by atoms with E-state index in [1.54, 1.807) is 17.4 Å². The fourth-order valence-electron chi connectivity index (χ4n) is 4.81. The summed E-state index contributed by atoms with van der Waals surface area (Å²) in [5, 5.41) is 1.78. The minimum Gasteiger partial charge on any atom is -0.464 e. The molecule has 2 aromatic carbocycles. The van der Waals surface area contributed by atoms with Gasteiger partial charge in [0, 0.05) is 19.0 Å². The molecule has 2 heterocycles. The van der Waals surface area contributed by atoms with Crippen molar-refractivity contribution in [2.75, 3.05) is 14.2 Å². The van der Waals surface area contributed by atoms with Gasteiger partial charge in [0.15, 0.2) is 0 Å². The van der Waals surface area contributed by atoms with Crippen LogP contribution in [-0.2, 0) is 25.5 Å². The van der Waals surface area contributed by atoms with Gasteiger partial charge in [-0.1, -0.05) is 42.5 Å². The fourth-order valence-corrected chi connectivity index (χ4v) is 4.81. The Morgan fingerprint density at radius 2 is 1.76 bits per heavy atom. The summed E-state index contributed by atoms with van der Waals surface area (Å²) >= 11 is 0. The molecule has 2 N–H and O–H groups in total. The van der Waals surface area contributed by atoms with E-state index in [1.165, 1.54) is 26.3 Å². The third-order valence-corrected chi connectivity index (χ3v) is 6.15. The first-order valence-corrected chi connectivity index (χ1v) is 9.44. The summed E-state index contributed by atoms with van der Waals surface area (Å²) in [6, 6.07) is 14.7. The number of rotatable bonds is 4. The number of esters is 1. The summed E-state index contributed by atoms with van der Waals surface area (Å²) in [5.74, 6) is -3.23. The molecule has 6 nitrogen and oxygen atoms in total. The normalized spacial score (nSPS) is 28.5. The van der Waals surface area contributed by atoms with Gasteiger partial charge in [-0.05, 0) is 17.7 Å². The van der Waals surface area contributed by atoms with Gasteiger partial charge in [-0.3, -0.25) is 14.5 Å². The number of ether oxygens (including phenoxy) is 1. The average molecular weight is 397 g/mol. The molecule has 2 aliphatic heterocycles. The molecule has 2 amide bonds. The van der Waals surface area contributed by atoms with Crippen molar-refractivity contribution < 1.29 is 28.8 Å². The molecule has 0 bridgehead atoms. The maximum Gasteiger partial charge on any atom is 0.369 e. The van der Waals surface area contributed by atoms with Crippen LogP contribution < -0.4 is 5.32 Å². The number of carbonyl (C=O) groups is 3. The summed E-state index contributed by atoms with van der Waals surface area (Å²) < 4.78 is 18.6. The Kier molecular flexibility index (Phi) is 4.70. The molecule has 4 rings (SSSR count). The van der Waals surface area contributed by atoms with Gasteiger partial charge >= 0.3 is 5.97 Å². The molecule has 0 saturated carbocycles. The van der Waals surface area contributed by atoms with Gasteiger partial charge in [0.05, 0.1) is 7.11 Å². The van der Waals surface area contributed by atoms with Crippen molar-refractivity contribution in [1.82, 2.24) is 4.90 Å². The van der Waals surface area contributed by atoms with Gasteiger partial charge in [-0.2, -0.15) is 0 Å². The van der Waals surface area contributed by atoms with Crippen molar-refractivity contribution in [1.29, 1.82) is 0 Å². The second kappa shape index (κ2) is 7.08. The second-order valence-corrected chi connectivity index (χ2v) is 7.68. The number of carbonyl (C=O) groups excluding carboxylic acids is 3. The Bertz CT molecular complexity index is 963. The summed E-state index contributed by atoms with van der Waals surface area (Å²) in [6.45, 7) is 0. The van der Waals surface area contributed by atoms with E-state index in [0.29, 0.717) is 5.56 Å². The van der Waals surface area contributed by atoms with E-state index in [4.69, 9.17) is 4.74 Å². The number of hydrogen-bond donors (Lipinski definition) is 1. The summed E-state index contributed by atoms with van der Waals surface area (Å²) in [6.07, 6.45) is 0.242. The van der Waals surface area contributed by atoms with E-state index < -0.39 is 35.2 Å². The van der Waals surface area contributed by atoms with Gasteiger partial charge in [0.1, 0.15) is 23.7 Å². The third kappa shape index (κ3) is 2.93. The maximum absolute atomic E-state index is 13.5. The number of nitrogens with two attached hydrogens (primary N) is 1. The smallest absolute Gasteiger partial charge is 0.369 e. The molecule has 29 heavy (non-hydrogen) atoms. The number of hydrogen-bond acceptors (Lipinski definition) is 4. The molecule has 150 valence electrons. The molecule has 0 aromatic heterocycles. The highest BCUT2D eigenvalue weighted by atomic mass is 19.1. The van der Waals surface area contributed by atoms with Gasteiger partial charge in [-0.25, -0.2) is 9.18 Å². The molecule has 4 atom stereocenters. The zero-order valence-corrected chi connectivity index (χ0v) is 16.2. The standard InChI is InChI=1S/C22H21FN2O4/c1-25-19(26)16-17(20(25)27)22(21(28)29-2,12-13-6-4-3-5-7-13)24-18(16)14-8-10-15(23)11-9-14/h3-11,16-18,24H,12H2,1-2H3/p+1/t16-,17-,18+,22+/m0/s1. The van der Waals surface area contributed by atoms with Crippen LogP contribution >= 0.6 is 0 Å².